The Hall–Kier alpha value is -3.14. The van der Waals surface area contributed by atoms with Crippen molar-refractivity contribution in [2.75, 3.05) is 23.8 Å². The topological polar surface area (TPSA) is 75.7 Å². The van der Waals surface area contributed by atoms with Gasteiger partial charge in [-0.25, -0.2) is 12.8 Å². The minimum Gasteiger partial charge on any atom is -0.495 e. The van der Waals surface area contributed by atoms with Gasteiger partial charge in [0.2, 0.25) is 0 Å². The molecule has 0 unspecified atom stereocenters. The van der Waals surface area contributed by atoms with Crippen molar-refractivity contribution in [3.05, 3.63) is 82.4 Å². The molecule has 0 fully saturated rings. The van der Waals surface area contributed by atoms with Crippen LogP contribution in [0, 0.1) is 5.82 Å². The number of carbonyl (C=O) groups is 1. The number of fused-ring (bicyclic) bond motifs is 1. The van der Waals surface area contributed by atoms with Gasteiger partial charge < -0.3 is 10.1 Å². The van der Waals surface area contributed by atoms with Crippen LogP contribution in [0.2, 0.25) is 5.02 Å². The third-order valence-corrected chi connectivity index (χ3v) is 8.12. The normalized spacial score (nSPS) is 11.4. The summed E-state index contributed by atoms with van der Waals surface area (Å²) in [6.45, 7) is 0. The third-order valence-electron chi connectivity index (χ3n) is 4.97. The van der Waals surface area contributed by atoms with E-state index >= 15 is 0 Å². The number of thiophene rings is 1. The Morgan fingerprint density at radius 2 is 1.79 bits per heavy atom. The van der Waals surface area contributed by atoms with Crippen molar-refractivity contribution < 1.29 is 22.3 Å². The standard InChI is InChI=1S/C23H18ClFN2O4S2/c1-27(33(29,30)18-7-4-16(25)5-8-18)17-6-10-21-14(11-17)12-22(32-21)23(28)26-19-13-15(24)3-9-20(19)31-2/h3-13H,1-2H3,(H,26,28). The Labute approximate surface area is 199 Å². The molecule has 1 heterocycles. The first kappa shape index (κ1) is 23.0. The smallest absolute Gasteiger partial charge is 0.265 e. The molecular weight excluding hydrogens is 487 g/mol. The predicted octanol–water partition coefficient (Wildman–Crippen LogP) is 5.78. The van der Waals surface area contributed by atoms with Crippen LogP contribution in [0.3, 0.4) is 0 Å². The van der Waals surface area contributed by atoms with E-state index in [2.05, 4.69) is 5.32 Å². The molecule has 1 N–H and O–H groups in total. The van der Waals surface area contributed by atoms with Crippen molar-refractivity contribution in [1.82, 2.24) is 0 Å². The third kappa shape index (κ3) is 4.66. The number of sulfonamides is 1. The number of hydrogen-bond donors (Lipinski definition) is 1. The maximum Gasteiger partial charge on any atom is 0.265 e. The molecule has 4 rings (SSSR count). The molecule has 4 aromatic rings. The van der Waals surface area contributed by atoms with Crippen LogP contribution < -0.4 is 14.4 Å². The van der Waals surface area contributed by atoms with E-state index in [9.17, 15) is 17.6 Å². The zero-order valence-electron chi connectivity index (χ0n) is 17.5. The number of halogens is 2. The number of nitrogens with zero attached hydrogens (tertiary/aromatic N) is 1. The maximum atomic E-state index is 13.2. The second-order valence-corrected chi connectivity index (χ2v) is 10.5. The highest BCUT2D eigenvalue weighted by molar-refractivity contribution is 7.92. The highest BCUT2D eigenvalue weighted by Crippen LogP contribution is 2.33. The van der Waals surface area contributed by atoms with Crippen LogP contribution in [0.4, 0.5) is 15.8 Å². The molecule has 10 heteroatoms. The van der Waals surface area contributed by atoms with Gasteiger partial charge in [0.1, 0.15) is 11.6 Å². The van der Waals surface area contributed by atoms with Crippen molar-refractivity contribution in [2.24, 2.45) is 0 Å². The monoisotopic (exact) mass is 504 g/mol. The number of benzene rings is 3. The summed E-state index contributed by atoms with van der Waals surface area (Å²) in [5.74, 6) is -0.383. The molecule has 0 bridgehead atoms. The molecule has 0 aliphatic heterocycles. The minimum absolute atomic E-state index is 0.0210. The summed E-state index contributed by atoms with van der Waals surface area (Å²) in [5.41, 5.74) is 0.853. The average Bonchev–Trinajstić information content (AvgIpc) is 3.22. The summed E-state index contributed by atoms with van der Waals surface area (Å²) >= 11 is 7.30. The number of amides is 1. The number of carbonyl (C=O) groups excluding carboxylic acids is 1. The lowest BCUT2D eigenvalue weighted by Crippen LogP contribution is -2.26. The van der Waals surface area contributed by atoms with Gasteiger partial charge >= 0.3 is 0 Å². The summed E-state index contributed by atoms with van der Waals surface area (Å²) < 4.78 is 46.2. The van der Waals surface area contributed by atoms with Crippen LogP contribution in [0.15, 0.2) is 71.6 Å². The molecule has 0 radical (unpaired) electrons. The first-order valence-electron chi connectivity index (χ1n) is 9.62. The van der Waals surface area contributed by atoms with Gasteiger partial charge in [-0.05, 0) is 72.1 Å². The Balaban J connectivity index is 1.62. The molecule has 0 aliphatic carbocycles. The van der Waals surface area contributed by atoms with E-state index < -0.39 is 15.8 Å². The van der Waals surface area contributed by atoms with Gasteiger partial charge in [0.25, 0.3) is 15.9 Å². The average molecular weight is 505 g/mol. The van der Waals surface area contributed by atoms with Crippen molar-refractivity contribution in [1.29, 1.82) is 0 Å². The van der Waals surface area contributed by atoms with Crippen molar-refractivity contribution in [3.63, 3.8) is 0 Å². The van der Waals surface area contributed by atoms with Crippen molar-refractivity contribution >= 4 is 60.3 Å². The van der Waals surface area contributed by atoms with Gasteiger partial charge in [-0.15, -0.1) is 11.3 Å². The lowest BCUT2D eigenvalue weighted by atomic mass is 10.2. The van der Waals surface area contributed by atoms with Gasteiger partial charge in [-0.1, -0.05) is 11.6 Å². The van der Waals surface area contributed by atoms with Gasteiger partial charge in [0.05, 0.1) is 28.3 Å². The van der Waals surface area contributed by atoms with E-state index in [1.165, 1.54) is 37.6 Å². The molecule has 0 saturated heterocycles. The first-order valence-corrected chi connectivity index (χ1v) is 12.3. The van der Waals surface area contributed by atoms with Crippen molar-refractivity contribution in [3.8, 4) is 5.75 Å². The zero-order chi connectivity index (χ0) is 23.8. The Morgan fingerprint density at radius 3 is 2.48 bits per heavy atom. The van der Waals surface area contributed by atoms with Gasteiger partial charge in [0, 0.05) is 16.8 Å². The first-order chi connectivity index (χ1) is 15.7. The van der Waals surface area contributed by atoms with Crippen LogP contribution in [-0.2, 0) is 10.0 Å². The molecule has 33 heavy (non-hydrogen) atoms. The summed E-state index contributed by atoms with van der Waals surface area (Å²) in [5, 5.41) is 3.96. The molecule has 0 saturated carbocycles. The number of rotatable bonds is 6. The minimum atomic E-state index is -3.88. The molecule has 3 aromatic carbocycles. The fourth-order valence-electron chi connectivity index (χ4n) is 3.20. The van der Waals surface area contributed by atoms with Crippen molar-refractivity contribution in [2.45, 2.75) is 4.90 Å². The highest BCUT2D eigenvalue weighted by atomic mass is 35.5. The molecule has 6 nitrogen and oxygen atoms in total. The summed E-state index contributed by atoms with van der Waals surface area (Å²) in [6, 6.07) is 16.3. The van der Waals surface area contributed by atoms with E-state index in [-0.39, 0.29) is 10.8 Å². The lowest BCUT2D eigenvalue weighted by molar-refractivity contribution is 0.103. The molecule has 0 aliphatic rings. The summed E-state index contributed by atoms with van der Waals surface area (Å²) in [6.07, 6.45) is 0. The molecular formula is C23H18ClFN2O4S2. The van der Waals surface area contributed by atoms with Crippen LogP contribution in [-0.4, -0.2) is 28.5 Å². The second kappa shape index (κ2) is 9.01. The van der Waals surface area contributed by atoms with Gasteiger partial charge in [0.15, 0.2) is 0 Å². The fourth-order valence-corrected chi connectivity index (χ4v) is 5.50. The van der Waals surface area contributed by atoms with Gasteiger partial charge in [-0.3, -0.25) is 9.10 Å². The second-order valence-electron chi connectivity index (χ2n) is 7.06. The van der Waals surface area contributed by atoms with E-state index in [0.717, 1.165) is 21.1 Å². The molecule has 1 amide bonds. The van der Waals surface area contributed by atoms with E-state index in [1.807, 2.05) is 0 Å². The van der Waals surface area contributed by atoms with E-state index in [1.54, 1.807) is 42.5 Å². The number of nitrogens with one attached hydrogen (secondary N) is 1. The van der Waals surface area contributed by atoms with Crippen LogP contribution in [0.25, 0.3) is 10.1 Å². The number of anilines is 2. The van der Waals surface area contributed by atoms with E-state index in [4.69, 9.17) is 16.3 Å². The maximum absolute atomic E-state index is 13.2. The lowest BCUT2D eigenvalue weighted by Gasteiger charge is -2.19. The molecule has 170 valence electrons. The number of methoxy groups -OCH3 is 1. The summed E-state index contributed by atoms with van der Waals surface area (Å²) in [4.78, 5) is 13.2. The number of hydrogen-bond acceptors (Lipinski definition) is 5. The van der Waals surface area contributed by atoms with Crippen LogP contribution in [0.1, 0.15) is 9.67 Å². The molecule has 0 spiro atoms. The highest BCUT2D eigenvalue weighted by Gasteiger charge is 2.22. The largest absolute Gasteiger partial charge is 0.495 e. The molecule has 0 atom stereocenters. The van der Waals surface area contributed by atoms with Gasteiger partial charge in [-0.2, -0.15) is 0 Å². The molecule has 1 aromatic heterocycles. The Kier molecular flexibility index (Phi) is 6.29. The predicted molar refractivity (Wildman–Crippen MR) is 130 cm³/mol. The Morgan fingerprint density at radius 1 is 1.06 bits per heavy atom. The zero-order valence-corrected chi connectivity index (χ0v) is 19.9. The fraction of sp³-hybridized carbons (Fsp3) is 0.0870. The van der Waals surface area contributed by atoms with E-state index in [0.29, 0.717) is 32.4 Å². The number of ether oxygens (including phenoxy) is 1. The van der Waals surface area contributed by atoms with Crippen LogP contribution >= 0.6 is 22.9 Å². The SMILES string of the molecule is COc1ccc(Cl)cc1NC(=O)c1cc2cc(N(C)S(=O)(=O)c3ccc(F)cc3)ccc2s1. The Bertz CT molecular complexity index is 1450. The summed E-state index contributed by atoms with van der Waals surface area (Å²) in [7, 11) is -0.957. The van der Waals surface area contributed by atoms with Crippen LogP contribution in [0.5, 0.6) is 5.75 Å². The quantitative estimate of drug-likeness (QED) is 0.361.